The first-order chi connectivity index (χ1) is 10.4. The number of aromatic nitrogens is 2. The van der Waals surface area contributed by atoms with Crippen molar-refractivity contribution in [1.82, 2.24) is 15.1 Å². The summed E-state index contributed by atoms with van der Waals surface area (Å²) in [6, 6.07) is 0. The number of unbranched alkanes of at least 4 members (excludes halogenated alkanes) is 7. The first kappa shape index (κ1) is 18.2. The Morgan fingerprint density at radius 3 is 2.52 bits per heavy atom. The summed E-state index contributed by atoms with van der Waals surface area (Å²) < 4.78 is 7.08. The van der Waals surface area contributed by atoms with Gasteiger partial charge >= 0.3 is 0 Å². The van der Waals surface area contributed by atoms with E-state index in [1.807, 2.05) is 6.20 Å². The molecule has 0 aromatic carbocycles. The molecule has 0 aliphatic rings. The Bertz CT molecular complexity index is 339. The molecule has 0 atom stereocenters. The quantitative estimate of drug-likeness (QED) is 0.531. The Labute approximate surface area is 130 Å². The second-order valence-corrected chi connectivity index (χ2v) is 5.76. The van der Waals surface area contributed by atoms with E-state index in [0.29, 0.717) is 0 Å². The van der Waals surface area contributed by atoms with E-state index in [-0.39, 0.29) is 0 Å². The second kappa shape index (κ2) is 12.8. The first-order valence-electron chi connectivity index (χ1n) is 8.57. The number of rotatable bonds is 14. The molecule has 0 amide bonds. The number of aryl methyl sites for hydroxylation is 1. The van der Waals surface area contributed by atoms with Crippen LogP contribution >= 0.6 is 0 Å². The highest BCUT2D eigenvalue weighted by Crippen LogP contribution is 2.09. The van der Waals surface area contributed by atoms with E-state index in [0.717, 1.165) is 26.2 Å². The molecule has 0 unspecified atom stereocenters. The second-order valence-electron chi connectivity index (χ2n) is 5.76. The molecule has 1 aromatic heterocycles. The highest BCUT2D eigenvalue weighted by molar-refractivity contribution is 5.03. The molecular formula is C17H33N3O. The Morgan fingerprint density at radius 2 is 1.81 bits per heavy atom. The highest BCUT2D eigenvalue weighted by atomic mass is 16.5. The van der Waals surface area contributed by atoms with Gasteiger partial charge in [0.05, 0.1) is 12.8 Å². The molecule has 0 radical (unpaired) electrons. The Balaban J connectivity index is 1.98. The van der Waals surface area contributed by atoms with Gasteiger partial charge in [-0.15, -0.1) is 0 Å². The van der Waals surface area contributed by atoms with Gasteiger partial charge in [-0.1, -0.05) is 51.9 Å². The maximum Gasteiger partial charge on any atom is 0.0587 e. The summed E-state index contributed by atoms with van der Waals surface area (Å²) in [5, 5.41) is 7.76. The number of ether oxygens (including phenoxy) is 1. The minimum absolute atomic E-state index is 0.756. The number of nitrogens with zero attached hydrogens (tertiary/aromatic N) is 2. The standard InChI is InChI=1S/C17H33N3O/c1-3-4-5-6-7-8-9-10-12-20-16-17(15-19-20)14-18-11-13-21-2/h15-16,18H,3-14H2,1-2H3. The smallest absolute Gasteiger partial charge is 0.0587 e. The molecule has 0 aliphatic heterocycles. The molecule has 0 bridgehead atoms. The molecule has 0 aliphatic carbocycles. The summed E-state index contributed by atoms with van der Waals surface area (Å²) in [4.78, 5) is 0. The van der Waals surface area contributed by atoms with Crippen LogP contribution in [0.15, 0.2) is 12.4 Å². The van der Waals surface area contributed by atoms with Crippen molar-refractivity contribution in [2.45, 2.75) is 71.4 Å². The minimum atomic E-state index is 0.756. The summed E-state index contributed by atoms with van der Waals surface area (Å²) >= 11 is 0. The third kappa shape index (κ3) is 9.64. The van der Waals surface area contributed by atoms with Gasteiger partial charge < -0.3 is 10.1 Å². The van der Waals surface area contributed by atoms with Crippen LogP contribution in [0.2, 0.25) is 0 Å². The van der Waals surface area contributed by atoms with Crippen LogP contribution in [0.3, 0.4) is 0 Å². The van der Waals surface area contributed by atoms with Crippen LogP contribution in [0.4, 0.5) is 0 Å². The molecule has 1 heterocycles. The fraction of sp³-hybridized carbons (Fsp3) is 0.824. The van der Waals surface area contributed by atoms with Crippen molar-refractivity contribution in [2.24, 2.45) is 0 Å². The zero-order chi connectivity index (χ0) is 15.2. The summed E-state index contributed by atoms with van der Waals surface area (Å²) in [6.45, 7) is 5.84. The summed E-state index contributed by atoms with van der Waals surface area (Å²) in [5.41, 5.74) is 1.26. The predicted molar refractivity (Wildman–Crippen MR) is 88.4 cm³/mol. The van der Waals surface area contributed by atoms with Crippen LogP contribution in [0.5, 0.6) is 0 Å². The van der Waals surface area contributed by atoms with Crippen molar-refractivity contribution in [3.05, 3.63) is 18.0 Å². The van der Waals surface area contributed by atoms with Crippen molar-refractivity contribution >= 4 is 0 Å². The van der Waals surface area contributed by atoms with Gasteiger partial charge in [0.25, 0.3) is 0 Å². The van der Waals surface area contributed by atoms with Crippen LogP contribution in [-0.2, 0) is 17.8 Å². The zero-order valence-electron chi connectivity index (χ0n) is 13.9. The SMILES string of the molecule is CCCCCCCCCCn1cc(CNCCOC)cn1. The Morgan fingerprint density at radius 1 is 1.10 bits per heavy atom. The number of hydrogen-bond donors (Lipinski definition) is 1. The lowest BCUT2D eigenvalue weighted by Crippen LogP contribution is -2.18. The van der Waals surface area contributed by atoms with Crippen molar-refractivity contribution < 1.29 is 4.74 Å². The van der Waals surface area contributed by atoms with Gasteiger partial charge in [-0.3, -0.25) is 4.68 Å². The lowest BCUT2D eigenvalue weighted by molar-refractivity contribution is 0.199. The fourth-order valence-corrected chi connectivity index (χ4v) is 2.43. The van der Waals surface area contributed by atoms with Crippen molar-refractivity contribution in [2.75, 3.05) is 20.3 Å². The minimum Gasteiger partial charge on any atom is -0.383 e. The summed E-state index contributed by atoms with van der Waals surface area (Å²) in [5.74, 6) is 0. The lowest BCUT2D eigenvalue weighted by atomic mass is 10.1. The molecule has 0 fully saturated rings. The van der Waals surface area contributed by atoms with E-state index in [4.69, 9.17) is 4.74 Å². The predicted octanol–water partition coefficient (Wildman–Crippen LogP) is 3.76. The Hall–Kier alpha value is -0.870. The monoisotopic (exact) mass is 295 g/mol. The molecule has 1 N–H and O–H groups in total. The normalized spacial score (nSPS) is 11.1. The molecule has 4 heteroatoms. The van der Waals surface area contributed by atoms with Gasteiger partial charge in [0.2, 0.25) is 0 Å². The molecule has 1 rings (SSSR count). The third-order valence-corrected chi connectivity index (χ3v) is 3.74. The number of hydrogen-bond acceptors (Lipinski definition) is 3. The van der Waals surface area contributed by atoms with E-state index in [1.54, 1.807) is 7.11 Å². The average molecular weight is 295 g/mol. The van der Waals surface area contributed by atoms with E-state index in [1.165, 1.54) is 56.9 Å². The highest BCUT2D eigenvalue weighted by Gasteiger charge is 1.98. The van der Waals surface area contributed by atoms with Gasteiger partial charge in [-0.25, -0.2) is 0 Å². The zero-order valence-corrected chi connectivity index (χ0v) is 13.9. The van der Waals surface area contributed by atoms with E-state index in [2.05, 4.69) is 28.2 Å². The van der Waals surface area contributed by atoms with Crippen molar-refractivity contribution in [3.8, 4) is 0 Å². The van der Waals surface area contributed by atoms with Crippen molar-refractivity contribution in [1.29, 1.82) is 0 Å². The maximum absolute atomic E-state index is 5.01. The van der Waals surface area contributed by atoms with Crippen LogP contribution < -0.4 is 5.32 Å². The third-order valence-electron chi connectivity index (χ3n) is 3.74. The summed E-state index contributed by atoms with van der Waals surface area (Å²) in [6.07, 6.45) is 15.0. The molecule has 0 saturated carbocycles. The van der Waals surface area contributed by atoms with E-state index >= 15 is 0 Å². The largest absolute Gasteiger partial charge is 0.383 e. The molecule has 0 spiro atoms. The Kier molecular flexibility index (Phi) is 11.1. The lowest BCUT2D eigenvalue weighted by Gasteiger charge is -2.03. The first-order valence-corrected chi connectivity index (χ1v) is 8.57. The summed E-state index contributed by atoms with van der Waals surface area (Å²) in [7, 11) is 1.73. The fourth-order valence-electron chi connectivity index (χ4n) is 2.43. The van der Waals surface area contributed by atoms with Crippen LogP contribution in [0.1, 0.15) is 63.9 Å². The van der Waals surface area contributed by atoms with Gasteiger partial charge in [-0.2, -0.15) is 5.10 Å². The van der Waals surface area contributed by atoms with E-state index in [9.17, 15) is 0 Å². The van der Waals surface area contributed by atoms with Crippen molar-refractivity contribution in [3.63, 3.8) is 0 Å². The van der Waals surface area contributed by atoms with Gasteiger partial charge in [0, 0.05) is 38.5 Å². The van der Waals surface area contributed by atoms with Gasteiger partial charge in [0.15, 0.2) is 0 Å². The number of methoxy groups -OCH3 is 1. The molecular weight excluding hydrogens is 262 g/mol. The number of nitrogens with one attached hydrogen (secondary N) is 1. The average Bonchev–Trinajstić information content (AvgIpc) is 2.94. The van der Waals surface area contributed by atoms with E-state index < -0.39 is 0 Å². The van der Waals surface area contributed by atoms with Gasteiger partial charge in [-0.05, 0) is 6.42 Å². The molecule has 0 saturated heterocycles. The van der Waals surface area contributed by atoms with Crippen LogP contribution in [-0.4, -0.2) is 30.0 Å². The van der Waals surface area contributed by atoms with Crippen LogP contribution in [0, 0.1) is 0 Å². The molecule has 4 nitrogen and oxygen atoms in total. The van der Waals surface area contributed by atoms with Crippen LogP contribution in [0.25, 0.3) is 0 Å². The molecule has 122 valence electrons. The molecule has 1 aromatic rings. The maximum atomic E-state index is 5.01. The molecule has 21 heavy (non-hydrogen) atoms. The topological polar surface area (TPSA) is 39.1 Å². The van der Waals surface area contributed by atoms with Gasteiger partial charge in [0.1, 0.15) is 0 Å².